The summed E-state index contributed by atoms with van der Waals surface area (Å²) >= 11 is 3.36. The number of carbonyl (C=O) groups excluding carboxylic acids is 1. The van der Waals surface area contributed by atoms with E-state index in [1.165, 1.54) is 38.3 Å². The fourth-order valence-corrected chi connectivity index (χ4v) is 3.58. The second-order valence-electron chi connectivity index (χ2n) is 5.22. The number of methoxy groups -OCH3 is 1. The Hall–Kier alpha value is -1.90. The zero-order valence-corrected chi connectivity index (χ0v) is 16.1. The van der Waals surface area contributed by atoms with Crippen molar-refractivity contribution in [2.75, 3.05) is 7.11 Å². The number of rotatable bonds is 7. The van der Waals surface area contributed by atoms with Crippen LogP contribution in [0.3, 0.4) is 0 Å². The zero-order valence-electron chi connectivity index (χ0n) is 13.7. The Balaban J connectivity index is 1.98. The molecule has 1 atom stereocenters. The average Bonchev–Trinajstić information content (AvgIpc) is 2.60. The van der Waals surface area contributed by atoms with E-state index in [9.17, 15) is 13.2 Å². The van der Waals surface area contributed by atoms with Gasteiger partial charge < -0.3 is 9.47 Å². The van der Waals surface area contributed by atoms with Gasteiger partial charge in [-0.1, -0.05) is 34.1 Å². The maximum absolute atomic E-state index is 12.3. The standard InChI is InChI=1S/C17H18BrNO5S/c1-12(17(20)24-11-13-5-3-4-6-16(13)18)19-25(21,22)15-9-7-14(23-2)8-10-15/h3-10,12,19H,11H2,1-2H3/t12-/m0/s1. The van der Waals surface area contributed by atoms with Crippen LogP contribution in [0.5, 0.6) is 5.75 Å². The molecule has 0 heterocycles. The molecule has 6 nitrogen and oxygen atoms in total. The van der Waals surface area contributed by atoms with Crippen molar-refractivity contribution in [2.45, 2.75) is 24.5 Å². The molecule has 2 rings (SSSR count). The van der Waals surface area contributed by atoms with Gasteiger partial charge in [0.2, 0.25) is 10.0 Å². The molecule has 0 spiro atoms. The molecule has 8 heteroatoms. The van der Waals surface area contributed by atoms with Gasteiger partial charge in [0.1, 0.15) is 18.4 Å². The molecule has 25 heavy (non-hydrogen) atoms. The number of carbonyl (C=O) groups is 1. The van der Waals surface area contributed by atoms with Crippen molar-refractivity contribution in [1.29, 1.82) is 0 Å². The second kappa shape index (κ2) is 8.46. The van der Waals surface area contributed by atoms with Gasteiger partial charge in [-0.05, 0) is 37.3 Å². The van der Waals surface area contributed by atoms with E-state index in [4.69, 9.17) is 9.47 Å². The summed E-state index contributed by atoms with van der Waals surface area (Å²) in [5, 5.41) is 0. The van der Waals surface area contributed by atoms with Gasteiger partial charge in [0.25, 0.3) is 0 Å². The predicted octanol–water partition coefficient (Wildman–Crippen LogP) is 2.87. The summed E-state index contributed by atoms with van der Waals surface area (Å²) in [6.45, 7) is 1.48. The number of hydrogen-bond donors (Lipinski definition) is 1. The van der Waals surface area contributed by atoms with Crippen LogP contribution in [-0.2, 0) is 26.2 Å². The summed E-state index contributed by atoms with van der Waals surface area (Å²) < 4.78 is 37.9. The molecule has 2 aromatic carbocycles. The van der Waals surface area contributed by atoms with Gasteiger partial charge in [0.15, 0.2) is 0 Å². The molecular weight excluding hydrogens is 410 g/mol. The summed E-state index contributed by atoms with van der Waals surface area (Å²) in [6, 6.07) is 12.2. The van der Waals surface area contributed by atoms with Crippen molar-refractivity contribution >= 4 is 31.9 Å². The minimum Gasteiger partial charge on any atom is -0.497 e. The van der Waals surface area contributed by atoms with Crippen molar-refractivity contribution in [1.82, 2.24) is 4.72 Å². The lowest BCUT2D eigenvalue weighted by Crippen LogP contribution is -2.39. The van der Waals surface area contributed by atoms with Gasteiger partial charge in [0.05, 0.1) is 12.0 Å². The molecule has 0 aliphatic carbocycles. The molecule has 0 aliphatic rings. The molecule has 0 saturated heterocycles. The van der Waals surface area contributed by atoms with Gasteiger partial charge in [-0.3, -0.25) is 4.79 Å². The Bertz CT molecular complexity index is 836. The number of sulfonamides is 1. The third-order valence-electron chi connectivity index (χ3n) is 3.38. The summed E-state index contributed by atoms with van der Waals surface area (Å²) in [5.41, 5.74) is 0.793. The first-order valence-electron chi connectivity index (χ1n) is 7.40. The Morgan fingerprint density at radius 2 is 1.80 bits per heavy atom. The van der Waals surface area contributed by atoms with Gasteiger partial charge in [-0.25, -0.2) is 8.42 Å². The van der Waals surface area contributed by atoms with E-state index in [0.29, 0.717) is 5.75 Å². The summed E-state index contributed by atoms with van der Waals surface area (Å²) in [6.07, 6.45) is 0. The number of benzene rings is 2. The zero-order chi connectivity index (χ0) is 18.4. The summed E-state index contributed by atoms with van der Waals surface area (Å²) in [7, 11) is -2.35. The highest BCUT2D eigenvalue weighted by molar-refractivity contribution is 9.10. The van der Waals surface area contributed by atoms with E-state index in [1.54, 1.807) is 0 Å². The highest BCUT2D eigenvalue weighted by atomic mass is 79.9. The number of ether oxygens (including phenoxy) is 2. The maximum atomic E-state index is 12.3. The van der Waals surface area contributed by atoms with E-state index >= 15 is 0 Å². The third kappa shape index (κ3) is 5.29. The predicted molar refractivity (Wildman–Crippen MR) is 96.7 cm³/mol. The van der Waals surface area contributed by atoms with Crippen LogP contribution in [0, 0.1) is 0 Å². The minimum absolute atomic E-state index is 0.0405. The molecule has 0 aliphatic heterocycles. The topological polar surface area (TPSA) is 81.7 Å². The Labute approximate surface area is 155 Å². The molecule has 1 N–H and O–H groups in total. The highest BCUT2D eigenvalue weighted by Gasteiger charge is 2.23. The maximum Gasteiger partial charge on any atom is 0.324 e. The first-order valence-corrected chi connectivity index (χ1v) is 9.67. The van der Waals surface area contributed by atoms with Crippen LogP contribution >= 0.6 is 15.9 Å². The quantitative estimate of drug-likeness (QED) is 0.686. The van der Waals surface area contributed by atoms with E-state index in [2.05, 4.69) is 20.7 Å². The Kier molecular flexibility index (Phi) is 6.57. The molecule has 0 saturated carbocycles. The largest absolute Gasteiger partial charge is 0.497 e. The second-order valence-corrected chi connectivity index (χ2v) is 7.79. The van der Waals surface area contributed by atoms with Crippen molar-refractivity contribution < 1.29 is 22.7 Å². The molecule has 0 unspecified atom stereocenters. The molecule has 2 aromatic rings. The number of nitrogens with one attached hydrogen (secondary N) is 1. The van der Waals surface area contributed by atoms with Crippen LogP contribution in [0.15, 0.2) is 57.9 Å². The van der Waals surface area contributed by atoms with Crippen LogP contribution in [0.2, 0.25) is 0 Å². The fraction of sp³-hybridized carbons (Fsp3) is 0.235. The SMILES string of the molecule is COc1ccc(S(=O)(=O)N[C@@H](C)C(=O)OCc2ccccc2Br)cc1. The lowest BCUT2D eigenvalue weighted by molar-refractivity contribution is -0.146. The third-order valence-corrected chi connectivity index (χ3v) is 5.71. The van der Waals surface area contributed by atoms with Crippen LogP contribution in [0.25, 0.3) is 0 Å². The Morgan fingerprint density at radius 1 is 1.16 bits per heavy atom. The van der Waals surface area contributed by atoms with Crippen LogP contribution in [-0.4, -0.2) is 27.5 Å². The Morgan fingerprint density at radius 3 is 2.40 bits per heavy atom. The monoisotopic (exact) mass is 427 g/mol. The minimum atomic E-state index is -3.84. The van der Waals surface area contributed by atoms with Gasteiger partial charge in [-0.2, -0.15) is 4.72 Å². The molecular formula is C17H18BrNO5S. The summed E-state index contributed by atoms with van der Waals surface area (Å²) in [5.74, 6) is -0.118. The van der Waals surface area contributed by atoms with Gasteiger partial charge >= 0.3 is 5.97 Å². The van der Waals surface area contributed by atoms with Gasteiger partial charge in [0, 0.05) is 10.0 Å². The molecule has 0 fully saturated rings. The number of hydrogen-bond acceptors (Lipinski definition) is 5. The average molecular weight is 428 g/mol. The smallest absolute Gasteiger partial charge is 0.324 e. The van der Waals surface area contributed by atoms with E-state index < -0.39 is 22.0 Å². The van der Waals surface area contributed by atoms with E-state index in [1.807, 2.05) is 24.3 Å². The van der Waals surface area contributed by atoms with E-state index in [-0.39, 0.29) is 11.5 Å². The normalized spacial score (nSPS) is 12.4. The van der Waals surface area contributed by atoms with Crippen LogP contribution < -0.4 is 9.46 Å². The first kappa shape index (κ1) is 19.4. The van der Waals surface area contributed by atoms with Crippen LogP contribution in [0.1, 0.15) is 12.5 Å². The lowest BCUT2D eigenvalue weighted by Gasteiger charge is -2.14. The molecule has 0 radical (unpaired) electrons. The molecule has 134 valence electrons. The van der Waals surface area contributed by atoms with Gasteiger partial charge in [-0.15, -0.1) is 0 Å². The van der Waals surface area contributed by atoms with E-state index in [0.717, 1.165) is 10.0 Å². The highest BCUT2D eigenvalue weighted by Crippen LogP contribution is 2.18. The van der Waals surface area contributed by atoms with Crippen LogP contribution in [0.4, 0.5) is 0 Å². The molecule has 0 bridgehead atoms. The number of halogens is 1. The first-order chi connectivity index (χ1) is 11.8. The van der Waals surface area contributed by atoms with Crippen molar-refractivity contribution in [3.63, 3.8) is 0 Å². The van der Waals surface area contributed by atoms with Crippen molar-refractivity contribution in [2.24, 2.45) is 0 Å². The number of esters is 1. The van der Waals surface area contributed by atoms with Crippen molar-refractivity contribution in [3.05, 3.63) is 58.6 Å². The molecule has 0 amide bonds. The molecule has 0 aromatic heterocycles. The lowest BCUT2D eigenvalue weighted by atomic mass is 10.2. The summed E-state index contributed by atoms with van der Waals surface area (Å²) in [4.78, 5) is 12.1. The van der Waals surface area contributed by atoms with Crippen molar-refractivity contribution in [3.8, 4) is 5.75 Å². The fourth-order valence-electron chi connectivity index (χ4n) is 1.99.